The van der Waals surface area contributed by atoms with E-state index < -0.39 is 0 Å². The van der Waals surface area contributed by atoms with Crippen molar-refractivity contribution in [2.24, 2.45) is 0 Å². The molecule has 2 fully saturated rings. The molecule has 0 aliphatic carbocycles. The number of anilines is 1. The van der Waals surface area contributed by atoms with Crippen molar-refractivity contribution in [2.75, 3.05) is 18.0 Å². The molecular formula is C13H15ClN2O2. The molecule has 1 N–H and O–H groups in total. The number of hydrogen-bond acceptors (Lipinski definition) is 3. The van der Waals surface area contributed by atoms with Crippen molar-refractivity contribution < 1.29 is 9.53 Å². The quantitative estimate of drug-likeness (QED) is 0.848. The summed E-state index contributed by atoms with van der Waals surface area (Å²) in [5, 5.41) is 3.94. The Labute approximate surface area is 111 Å². The average Bonchev–Trinajstić information content (AvgIpc) is 2.68. The van der Waals surface area contributed by atoms with Crippen molar-refractivity contribution in [3.05, 3.63) is 28.8 Å². The van der Waals surface area contributed by atoms with E-state index in [1.54, 1.807) is 4.90 Å². The summed E-state index contributed by atoms with van der Waals surface area (Å²) in [6, 6.07) is 5.66. The summed E-state index contributed by atoms with van der Waals surface area (Å²) in [4.78, 5) is 13.8. The summed E-state index contributed by atoms with van der Waals surface area (Å²) >= 11 is 6.02. The highest BCUT2D eigenvalue weighted by Gasteiger charge is 2.44. The van der Waals surface area contributed by atoms with Gasteiger partial charge in [0.1, 0.15) is 6.10 Å². The largest absolute Gasteiger partial charge is 0.444 e. The summed E-state index contributed by atoms with van der Waals surface area (Å²) in [7, 11) is 0. The molecule has 2 atom stereocenters. The SMILES string of the molecule is Cc1ccc(Cl)cc1N1C(=O)OC2CCNCC21. The zero-order chi connectivity index (χ0) is 12.7. The van der Waals surface area contributed by atoms with Crippen LogP contribution in [0.2, 0.25) is 5.02 Å². The molecule has 1 aromatic carbocycles. The Morgan fingerprint density at radius 3 is 3.17 bits per heavy atom. The van der Waals surface area contributed by atoms with Gasteiger partial charge in [-0.2, -0.15) is 0 Å². The molecule has 1 amide bonds. The third-order valence-electron chi connectivity index (χ3n) is 3.60. The average molecular weight is 267 g/mol. The number of nitrogens with one attached hydrogen (secondary N) is 1. The van der Waals surface area contributed by atoms with Gasteiger partial charge in [0.05, 0.1) is 11.7 Å². The summed E-state index contributed by atoms with van der Waals surface area (Å²) < 4.78 is 5.43. The molecule has 4 nitrogen and oxygen atoms in total. The van der Waals surface area contributed by atoms with E-state index in [4.69, 9.17) is 16.3 Å². The van der Waals surface area contributed by atoms with Crippen LogP contribution in [0.15, 0.2) is 18.2 Å². The summed E-state index contributed by atoms with van der Waals surface area (Å²) in [6.07, 6.45) is 0.600. The minimum atomic E-state index is -0.265. The van der Waals surface area contributed by atoms with Crippen LogP contribution in [0, 0.1) is 6.92 Å². The summed E-state index contributed by atoms with van der Waals surface area (Å²) in [6.45, 7) is 3.64. The van der Waals surface area contributed by atoms with E-state index in [0.717, 1.165) is 30.8 Å². The first-order valence-electron chi connectivity index (χ1n) is 6.13. The van der Waals surface area contributed by atoms with Gasteiger partial charge in [0.15, 0.2) is 0 Å². The normalized spacial score (nSPS) is 27.0. The Hall–Kier alpha value is -1.26. The number of aryl methyl sites for hydroxylation is 1. The Kier molecular flexibility index (Phi) is 2.92. The Balaban J connectivity index is 1.99. The molecule has 18 heavy (non-hydrogen) atoms. The second kappa shape index (κ2) is 4.44. The standard InChI is InChI=1S/C13H15ClN2O2/c1-8-2-3-9(14)6-10(8)16-11-7-15-5-4-12(11)18-13(16)17/h2-3,6,11-12,15H,4-5,7H2,1H3. The molecule has 2 aliphatic rings. The van der Waals surface area contributed by atoms with Crippen molar-refractivity contribution >= 4 is 23.4 Å². The molecule has 5 heteroatoms. The van der Waals surface area contributed by atoms with Crippen LogP contribution in [0.25, 0.3) is 0 Å². The Bertz CT molecular complexity index is 492. The van der Waals surface area contributed by atoms with E-state index >= 15 is 0 Å². The van der Waals surface area contributed by atoms with Crippen LogP contribution in [-0.4, -0.2) is 31.3 Å². The lowest BCUT2D eigenvalue weighted by Gasteiger charge is -2.29. The third-order valence-corrected chi connectivity index (χ3v) is 3.83. The number of fused-ring (bicyclic) bond motifs is 1. The Morgan fingerprint density at radius 1 is 1.50 bits per heavy atom. The number of ether oxygens (including phenoxy) is 1. The number of nitrogens with zero attached hydrogens (tertiary/aromatic N) is 1. The minimum Gasteiger partial charge on any atom is -0.444 e. The van der Waals surface area contributed by atoms with Gasteiger partial charge in [-0.05, 0) is 37.6 Å². The van der Waals surface area contributed by atoms with E-state index in [1.165, 1.54) is 0 Å². The number of hydrogen-bond donors (Lipinski definition) is 1. The summed E-state index contributed by atoms with van der Waals surface area (Å²) in [5.74, 6) is 0. The first-order chi connectivity index (χ1) is 8.66. The highest BCUT2D eigenvalue weighted by molar-refractivity contribution is 6.31. The van der Waals surface area contributed by atoms with Crippen molar-refractivity contribution in [3.63, 3.8) is 0 Å². The van der Waals surface area contributed by atoms with Crippen LogP contribution in [0.5, 0.6) is 0 Å². The zero-order valence-corrected chi connectivity index (χ0v) is 10.9. The lowest BCUT2D eigenvalue weighted by Crippen LogP contribution is -2.49. The van der Waals surface area contributed by atoms with Crippen LogP contribution >= 0.6 is 11.6 Å². The predicted octanol–water partition coefficient (Wildman–Crippen LogP) is 2.34. The number of benzene rings is 1. The lowest BCUT2D eigenvalue weighted by molar-refractivity contribution is 0.117. The van der Waals surface area contributed by atoms with Gasteiger partial charge in [-0.3, -0.25) is 4.90 Å². The van der Waals surface area contributed by atoms with E-state index in [9.17, 15) is 4.79 Å². The minimum absolute atomic E-state index is 0.00266. The van der Waals surface area contributed by atoms with Gasteiger partial charge in [0.2, 0.25) is 0 Å². The second-order valence-electron chi connectivity index (χ2n) is 4.78. The Morgan fingerprint density at radius 2 is 2.33 bits per heavy atom. The lowest BCUT2D eigenvalue weighted by atomic mass is 10.0. The van der Waals surface area contributed by atoms with Crippen molar-refractivity contribution in [2.45, 2.75) is 25.5 Å². The van der Waals surface area contributed by atoms with Crippen LogP contribution in [-0.2, 0) is 4.74 Å². The first kappa shape index (κ1) is 11.8. The molecule has 2 aliphatic heterocycles. The molecule has 96 valence electrons. The molecular weight excluding hydrogens is 252 g/mol. The van der Waals surface area contributed by atoms with Gasteiger partial charge in [0, 0.05) is 11.6 Å². The van der Waals surface area contributed by atoms with E-state index in [1.807, 2.05) is 25.1 Å². The molecule has 2 unspecified atom stereocenters. The monoisotopic (exact) mass is 266 g/mol. The van der Waals surface area contributed by atoms with E-state index in [-0.39, 0.29) is 18.2 Å². The maximum absolute atomic E-state index is 12.0. The number of halogens is 1. The fourth-order valence-corrected chi connectivity index (χ4v) is 2.82. The van der Waals surface area contributed by atoms with Crippen molar-refractivity contribution in [1.29, 1.82) is 0 Å². The number of amides is 1. The smallest absolute Gasteiger partial charge is 0.415 e. The van der Waals surface area contributed by atoms with Crippen molar-refractivity contribution in [1.82, 2.24) is 5.32 Å². The topological polar surface area (TPSA) is 41.6 Å². The van der Waals surface area contributed by atoms with Crippen LogP contribution in [0.3, 0.4) is 0 Å². The van der Waals surface area contributed by atoms with Gasteiger partial charge in [-0.1, -0.05) is 17.7 Å². The third kappa shape index (κ3) is 1.85. The summed E-state index contributed by atoms with van der Waals surface area (Å²) in [5.41, 5.74) is 1.88. The molecule has 0 aromatic heterocycles. The molecule has 0 saturated carbocycles. The molecule has 1 aromatic rings. The van der Waals surface area contributed by atoms with Crippen LogP contribution in [0.1, 0.15) is 12.0 Å². The molecule has 0 spiro atoms. The van der Waals surface area contributed by atoms with Crippen LogP contribution < -0.4 is 10.2 Å². The van der Waals surface area contributed by atoms with E-state index in [0.29, 0.717) is 5.02 Å². The maximum Gasteiger partial charge on any atom is 0.415 e. The molecule has 3 rings (SSSR count). The predicted molar refractivity (Wildman–Crippen MR) is 70.2 cm³/mol. The van der Waals surface area contributed by atoms with Gasteiger partial charge in [-0.25, -0.2) is 4.79 Å². The van der Waals surface area contributed by atoms with Gasteiger partial charge < -0.3 is 10.1 Å². The highest BCUT2D eigenvalue weighted by Crippen LogP contribution is 2.33. The molecule has 0 radical (unpaired) electrons. The zero-order valence-electron chi connectivity index (χ0n) is 10.1. The van der Waals surface area contributed by atoms with E-state index in [2.05, 4.69) is 5.32 Å². The maximum atomic E-state index is 12.0. The second-order valence-corrected chi connectivity index (χ2v) is 5.22. The molecule has 0 bridgehead atoms. The van der Waals surface area contributed by atoms with Crippen LogP contribution in [0.4, 0.5) is 10.5 Å². The number of carbonyl (C=O) groups is 1. The number of piperidine rings is 1. The molecule has 2 saturated heterocycles. The van der Waals surface area contributed by atoms with Crippen molar-refractivity contribution in [3.8, 4) is 0 Å². The molecule has 2 heterocycles. The highest BCUT2D eigenvalue weighted by atomic mass is 35.5. The number of carbonyl (C=O) groups excluding carboxylic acids is 1. The first-order valence-corrected chi connectivity index (χ1v) is 6.51. The fraction of sp³-hybridized carbons (Fsp3) is 0.462. The van der Waals surface area contributed by atoms with Gasteiger partial charge in [0.25, 0.3) is 0 Å². The van der Waals surface area contributed by atoms with Gasteiger partial charge >= 0.3 is 6.09 Å². The van der Waals surface area contributed by atoms with Gasteiger partial charge in [-0.15, -0.1) is 0 Å². The number of rotatable bonds is 1. The fourth-order valence-electron chi connectivity index (χ4n) is 2.65.